The fraction of sp³-hybridized carbons (Fsp3) is 0.250. The van der Waals surface area contributed by atoms with Gasteiger partial charge in [-0.3, -0.25) is 4.79 Å². The third kappa shape index (κ3) is 3.51. The fourth-order valence-electron chi connectivity index (χ4n) is 2.85. The summed E-state index contributed by atoms with van der Waals surface area (Å²) in [5.74, 6) is 0.850. The minimum atomic E-state index is -0.765. The third-order valence-electron chi connectivity index (χ3n) is 4.46. The molecule has 1 heterocycles. The van der Waals surface area contributed by atoms with E-state index in [1.54, 1.807) is 12.3 Å². The second-order valence-electron chi connectivity index (χ2n) is 6.41. The van der Waals surface area contributed by atoms with Gasteiger partial charge in [0.15, 0.2) is 0 Å². The normalized spacial score (nSPS) is 15.1. The lowest BCUT2D eigenvalue weighted by molar-refractivity contribution is 0.0911. The Morgan fingerprint density at radius 2 is 1.96 bits per heavy atom. The van der Waals surface area contributed by atoms with Crippen LogP contribution in [-0.2, 0) is 0 Å². The molecule has 1 fully saturated rings. The molecular weight excluding hydrogens is 314 g/mol. The van der Waals surface area contributed by atoms with Crippen LogP contribution in [0.15, 0.2) is 54.7 Å². The molecule has 1 unspecified atom stereocenters. The van der Waals surface area contributed by atoms with Crippen molar-refractivity contribution in [3.05, 3.63) is 71.8 Å². The van der Waals surface area contributed by atoms with Crippen molar-refractivity contribution >= 4 is 16.7 Å². The lowest BCUT2D eigenvalue weighted by Gasteiger charge is -2.13. The zero-order chi connectivity index (χ0) is 17.2. The smallest absolute Gasteiger partial charge is 0.270 e. The van der Waals surface area contributed by atoms with E-state index in [0.29, 0.717) is 11.6 Å². The van der Waals surface area contributed by atoms with Crippen LogP contribution in [0.25, 0.3) is 10.8 Å². The Morgan fingerprint density at radius 3 is 2.76 bits per heavy atom. The van der Waals surface area contributed by atoms with E-state index in [1.807, 2.05) is 42.5 Å². The molecule has 0 aliphatic heterocycles. The van der Waals surface area contributed by atoms with Crippen LogP contribution in [0.5, 0.6) is 0 Å². The Labute approximate surface area is 145 Å². The van der Waals surface area contributed by atoms with E-state index >= 15 is 0 Å². The van der Waals surface area contributed by atoms with Gasteiger partial charge in [0.25, 0.3) is 5.91 Å². The molecule has 1 aliphatic rings. The number of nitrogens with zero attached hydrogens (tertiary/aromatic N) is 2. The van der Waals surface area contributed by atoms with Crippen molar-refractivity contribution in [2.24, 2.45) is 0 Å². The minimum Gasteiger partial charge on any atom is -0.387 e. The average Bonchev–Trinajstić information content (AvgIpc) is 3.51. The lowest BCUT2D eigenvalue weighted by atomic mass is 10.0. The van der Waals surface area contributed by atoms with Crippen LogP contribution in [0.1, 0.15) is 46.7 Å². The molecule has 0 saturated heterocycles. The molecule has 3 aromatic rings. The molecule has 5 heteroatoms. The van der Waals surface area contributed by atoms with Crippen LogP contribution in [0.4, 0.5) is 0 Å². The molecule has 126 valence electrons. The van der Waals surface area contributed by atoms with Gasteiger partial charge >= 0.3 is 0 Å². The largest absolute Gasteiger partial charge is 0.387 e. The van der Waals surface area contributed by atoms with Crippen LogP contribution in [0.2, 0.25) is 0 Å². The first-order valence-electron chi connectivity index (χ1n) is 8.48. The number of carbonyl (C=O) groups excluding carboxylic acids is 1. The molecule has 0 radical (unpaired) electrons. The maximum absolute atomic E-state index is 12.3. The number of fused-ring (bicyclic) bond motifs is 1. The molecule has 1 atom stereocenters. The summed E-state index contributed by atoms with van der Waals surface area (Å²) in [6.45, 7) is 0.139. The van der Waals surface area contributed by atoms with Crippen molar-refractivity contribution in [2.75, 3.05) is 6.54 Å². The first-order chi connectivity index (χ1) is 12.2. The van der Waals surface area contributed by atoms with Crippen LogP contribution in [0.3, 0.4) is 0 Å². The highest BCUT2D eigenvalue weighted by molar-refractivity contribution is 5.92. The predicted octanol–water partition coefficient (Wildman–Crippen LogP) is 2.97. The summed E-state index contributed by atoms with van der Waals surface area (Å²) < 4.78 is 0. The standard InChI is InChI=1S/C20H19N3O2/c24-18(16-8-5-13-3-1-2-4-15(13)11-16)12-22-20(25)17-9-10-21-19(23-17)14-6-7-14/h1-5,8-11,14,18,24H,6-7,12H2,(H,22,25). The molecule has 1 aromatic heterocycles. The quantitative estimate of drug-likeness (QED) is 0.753. The lowest BCUT2D eigenvalue weighted by Crippen LogP contribution is -2.29. The van der Waals surface area contributed by atoms with Gasteiger partial charge in [0.05, 0.1) is 6.10 Å². The first-order valence-corrected chi connectivity index (χ1v) is 8.48. The molecule has 2 aromatic carbocycles. The maximum atomic E-state index is 12.3. The van der Waals surface area contributed by atoms with Gasteiger partial charge in [0.2, 0.25) is 0 Å². The monoisotopic (exact) mass is 333 g/mol. The highest BCUT2D eigenvalue weighted by Crippen LogP contribution is 2.37. The number of nitrogens with one attached hydrogen (secondary N) is 1. The molecule has 1 saturated carbocycles. The summed E-state index contributed by atoms with van der Waals surface area (Å²) in [7, 11) is 0. The van der Waals surface area contributed by atoms with Crippen LogP contribution >= 0.6 is 0 Å². The first kappa shape index (κ1) is 15.7. The molecule has 25 heavy (non-hydrogen) atoms. The van der Waals surface area contributed by atoms with Crippen molar-refractivity contribution in [2.45, 2.75) is 24.9 Å². The number of hydrogen-bond acceptors (Lipinski definition) is 4. The van der Waals surface area contributed by atoms with Crippen molar-refractivity contribution in [1.29, 1.82) is 0 Å². The number of amides is 1. The Hall–Kier alpha value is -2.79. The zero-order valence-electron chi connectivity index (χ0n) is 13.7. The zero-order valence-corrected chi connectivity index (χ0v) is 13.7. The highest BCUT2D eigenvalue weighted by atomic mass is 16.3. The van der Waals surface area contributed by atoms with E-state index in [1.165, 1.54) is 0 Å². The number of rotatable bonds is 5. The number of carbonyl (C=O) groups is 1. The highest BCUT2D eigenvalue weighted by Gasteiger charge is 2.27. The Balaban J connectivity index is 1.42. The van der Waals surface area contributed by atoms with Crippen LogP contribution < -0.4 is 5.32 Å². The van der Waals surface area contributed by atoms with Gasteiger partial charge in [-0.1, -0.05) is 36.4 Å². The maximum Gasteiger partial charge on any atom is 0.270 e. The Bertz CT molecular complexity index is 921. The summed E-state index contributed by atoms with van der Waals surface area (Å²) in [6, 6.07) is 15.4. The molecule has 1 aliphatic carbocycles. The van der Waals surface area contributed by atoms with Gasteiger partial charge < -0.3 is 10.4 Å². The number of aromatic nitrogens is 2. The van der Waals surface area contributed by atoms with Gasteiger partial charge in [-0.15, -0.1) is 0 Å². The molecule has 5 nitrogen and oxygen atoms in total. The number of aliphatic hydroxyl groups is 1. The Morgan fingerprint density at radius 1 is 1.16 bits per heavy atom. The SMILES string of the molecule is O=C(NCC(O)c1ccc2ccccc2c1)c1ccnc(C2CC2)n1. The second-order valence-corrected chi connectivity index (χ2v) is 6.41. The van der Waals surface area contributed by atoms with E-state index in [0.717, 1.165) is 35.0 Å². The van der Waals surface area contributed by atoms with Gasteiger partial charge in [-0.2, -0.15) is 0 Å². The number of hydrogen-bond donors (Lipinski definition) is 2. The van der Waals surface area contributed by atoms with E-state index in [9.17, 15) is 9.90 Å². The van der Waals surface area contributed by atoms with Crippen molar-refractivity contribution in [3.8, 4) is 0 Å². The van der Waals surface area contributed by atoms with Crippen molar-refractivity contribution in [3.63, 3.8) is 0 Å². The van der Waals surface area contributed by atoms with Gasteiger partial charge in [0.1, 0.15) is 11.5 Å². The second kappa shape index (κ2) is 6.61. The average molecular weight is 333 g/mol. The topological polar surface area (TPSA) is 75.1 Å². The van der Waals surface area contributed by atoms with E-state index in [-0.39, 0.29) is 12.5 Å². The summed E-state index contributed by atoms with van der Waals surface area (Å²) in [4.78, 5) is 20.8. The Kier molecular flexibility index (Phi) is 4.15. The third-order valence-corrected chi connectivity index (χ3v) is 4.46. The van der Waals surface area contributed by atoms with Crippen molar-refractivity contribution in [1.82, 2.24) is 15.3 Å². The van der Waals surface area contributed by atoms with Gasteiger partial charge in [-0.25, -0.2) is 9.97 Å². The van der Waals surface area contributed by atoms with E-state index in [2.05, 4.69) is 15.3 Å². The van der Waals surface area contributed by atoms with E-state index < -0.39 is 6.10 Å². The molecule has 0 bridgehead atoms. The van der Waals surface area contributed by atoms with Crippen LogP contribution in [0, 0.1) is 0 Å². The molecule has 0 spiro atoms. The summed E-state index contributed by atoms with van der Waals surface area (Å²) in [6.07, 6.45) is 3.03. The minimum absolute atomic E-state index is 0.139. The number of aliphatic hydroxyl groups excluding tert-OH is 1. The molecule has 1 amide bonds. The summed E-state index contributed by atoms with van der Waals surface area (Å²) in [5.41, 5.74) is 1.13. The summed E-state index contributed by atoms with van der Waals surface area (Å²) >= 11 is 0. The van der Waals surface area contributed by atoms with Crippen LogP contribution in [-0.4, -0.2) is 27.5 Å². The van der Waals surface area contributed by atoms with Crippen molar-refractivity contribution < 1.29 is 9.90 Å². The van der Waals surface area contributed by atoms with Gasteiger partial charge in [0, 0.05) is 18.7 Å². The number of benzene rings is 2. The van der Waals surface area contributed by atoms with E-state index in [4.69, 9.17) is 0 Å². The molecular formula is C20H19N3O2. The fourth-order valence-corrected chi connectivity index (χ4v) is 2.85. The molecule has 4 rings (SSSR count). The molecule has 2 N–H and O–H groups in total. The summed E-state index contributed by atoms with van der Waals surface area (Å²) in [5, 5.41) is 15.3. The van der Waals surface area contributed by atoms with Gasteiger partial charge in [-0.05, 0) is 41.3 Å². The predicted molar refractivity (Wildman–Crippen MR) is 95.2 cm³/mol.